The van der Waals surface area contributed by atoms with Gasteiger partial charge in [0, 0.05) is 6.54 Å². The topological polar surface area (TPSA) is 56.4 Å². The summed E-state index contributed by atoms with van der Waals surface area (Å²) in [6.45, 7) is 2.77. The van der Waals surface area contributed by atoms with Gasteiger partial charge in [0.1, 0.15) is 11.6 Å². The Morgan fingerprint density at radius 2 is 1.62 bits per heavy atom. The molecule has 0 spiro atoms. The molecule has 0 atom stereocenters. The first-order chi connectivity index (χ1) is 14.0. The van der Waals surface area contributed by atoms with E-state index in [2.05, 4.69) is 0 Å². The second-order valence-corrected chi connectivity index (χ2v) is 7.12. The minimum absolute atomic E-state index is 0.00232. The van der Waals surface area contributed by atoms with Crippen molar-refractivity contribution in [2.24, 2.45) is 0 Å². The first kappa shape index (κ1) is 20.7. The Labute approximate surface area is 170 Å². The van der Waals surface area contributed by atoms with Crippen LogP contribution < -0.4 is 10.4 Å². The van der Waals surface area contributed by atoms with E-state index in [0.29, 0.717) is 18.7 Å². The third kappa shape index (κ3) is 4.88. The number of halogens is 1. The molecule has 0 aliphatic heterocycles. The van der Waals surface area contributed by atoms with Gasteiger partial charge in [-0.3, -0.25) is 9.13 Å². The zero-order chi connectivity index (χ0) is 20.8. The Morgan fingerprint density at radius 3 is 2.24 bits per heavy atom. The van der Waals surface area contributed by atoms with Gasteiger partial charge in [-0.1, -0.05) is 31.2 Å². The molecular weight excluding hydrogens is 371 g/mol. The van der Waals surface area contributed by atoms with E-state index in [9.17, 15) is 14.3 Å². The number of imidazole rings is 1. The summed E-state index contributed by atoms with van der Waals surface area (Å²) in [5.41, 5.74) is 2.38. The summed E-state index contributed by atoms with van der Waals surface area (Å²) >= 11 is 0. The molecule has 1 aromatic heterocycles. The molecule has 0 radical (unpaired) electrons. The number of ether oxygens (including phenoxy) is 1. The number of benzene rings is 2. The van der Waals surface area contributed by atoms with Crippen molar-refractivity contribution in [3.8, 4) is 11.6 Å². The van der Waals surface area contributed by atoms with Crippen LogP contribution in [0.2, 0.25) is 0 Å². The Kier molecular flexibility index (Phi) is 6.75. The van der Waals surface area contributed by atoms with Gasteiger partial charge in [0.15, 0.2) is 0 Å². The Hall–Kier alpha value is -3.02. The number of hydrogen-bond donors (Lipinski definition) is 1. The fourth-order valence-corrected chi connectivity index (χ4v) is 3.50. The van der Waals surface area contributed by atoms with E-state index < -0.39 is 0 Å². The molecule has 1 N–H and O–H groups in total. The predicted octanol–water partition coefficient (Wildman–Crippen LogP) is 4.14. The summed E-state index contributed by atoms with van der Waals surface area (Å²) in [5, 5.41) is 10.8. The molecule has 0 aliphatic rings. The highest BCUT2D eigenvalue weighted by molar-refractivity contribution is 5.28. The van der Waals surface area contributed by atoms with Crippen LogP contribution in [-0.2, 0) is 25.9 Å². The van der Waals surface area contributed by atoms with E-state index in [1.165, 1.54) is 22.3 Å². The van der Waals surface area contributed by atoms with Gasteiger partial charge in [0.25, 0.3) is 0 Å². The molecule has 0 fully saturated rings. The molecule has 1 heterocycles. The van der Waals surface area contributed by atoms with Gasteiger partial charge in [-0.15, -0.1) is 0 Å². The molecule has 0 aliphatic carbocycles. The SMILES string of the molecule is CCCn1c(CCCc2ccc(OC)cc2)c(O)n(Cc2ccc(F)cc2)c1=O. The minimum atomic E-state index is -0.326. The molecule has 6 heteroatoms. The molecule has 5 nitrogen and oxygen atoms in total. The second-order valence-electron chi connectivity index (χ2n) is 7.12. The van der Waals surface area contributed by atoms with Crippen molar-refractivity contribution in [2.45, 2.75) is 45.7 Å². The Morgan fingerprint density at radius 1 is 0.966 bits per heavy atom. The highest BCUT2D eigenvalue weighted by Gasteiger charge is 2.19. The summed E-state index contributed by atoms with van der Waals surface area (Å²) in [6, 6.07) is 13.9. The quantitative estimate of drug-likeness (QED) is 0.589. The number of aryl methyl sites for hydroxylation is 1. The van der Waals surface area contributed by atoms with Gasteiger partial charge in [-0.05, 0) is 61.1 Å². The molecule has 0 saturated carbocycles. The normalized spacial score (nSPS) is 11.0. The average Bonchev–Trinajstić information content (AvgIpc) is 2.95. The maximum absolute atomic E-state index is 13.1. The van der Waals surface area contributed by atoms with Crippen molar-refractivity contribution in [1.82, 2.24) is 9.13 Å². The van der Waals surface area contributed by atoms with Gasteiger partial charge < -0.3 is 9.84 Å². The third-order valence-corrected chi connectivity index (χ3v) is 5.04. The number of rotatable bonds is 9. The van der Waals surface area contributed by atoms with E-state index in [1.54, 1.807) is 23.8 Å². The molecule has 0 amide bonds. The van der Waals surface area contributed by atoms with Gasteiger partial charge >= 0.3 is 5.69 Å². The van der Waals surface area contributed by atoms with Gasteiger partial charge in [0.05, 0.1) is 19.3 Å². The van der Waals surface area contributed by atoms with Crippen LogP contribution in [0.15, 0.2) is 53.3 Å². The van der Waals surface area contributed by atoms with E-state index in [0.717, 1.165) is 30.6 Å². The molecule has 154 valence electrons. The summed E-state index contributed by atoms with van der Waals surface area (Å²) in [6.07, 6.45) is 3.05. The summed E-state index contributed by atoms with van der Waals surface area (Å²) in [5.74, 6) is 0.497. The van der Waals surface area contributed by atoms with Crippen LogP contribution in [-0.4, -0.2) is 21.4 Å². The minimum Gasteiger partial charge on any atom is -0.497 e. The van der Waals surface area contributed by atoms with Crippen LogP contribution in [0, 0.1) is 5.82 Å². The van der Waals surface area contributed by atoms with E-state index in [1.807, 2.05) is 31.2 Å². The first-order valence-corrected chi connectivity index (χ1v) is 9.92. The molecule has 29 heavy (non-hydrogen) atoms. The highest BCUT2D eigenvalue weighted by Crippen LogP contribution is 2.21. The molecular formula is C23H27FN2O3. The first-order valence-electron chi connectivity index (χ1n) is 9.92. The van der Waals surface area contributed by atoms with Crippen LogP contribution in [0.3, 0.4) is 0 Å². The summed E-state index contributed by atoms with van der Waals surface area (Å²) in [4.78, 5) is 12.9. The summed E-state index contributed by atoms with van der Waals surface area (Å²) in [7, 11) is 1.64. The van der Waals surface area contributed by atoms with Crippen LogP contribution >= 0.6 is 0 Å². The van der Waals surface area contributed by atoms with Gasteiger partial charge in [-0.25, -0.2) is 9.18 Å². The monoisotopic (exact) mass is 398 g/mol. The predicted molar refractivity (Wildman–Crippen MR) is 111 cm³/mol. The zero-order valence-electron chi connectivity index (χ0n) is 16.9. The smallest absolute Gasteiger partial charge is 0.331 e. The molecule has 3 aromatic rings. The number of hydrogen-bond acceptors (Lipinski definition) is 3. The maximum Gasteiger partial charge on any atom is 0.331 e. The molecule has 0 bridgehead atoms. The van der Waals surface area contributed by atoms with Crippen LogP contribution in [0.5, 0.6) is 11.6 Å². The average molecular weight is 398 g/mol. The number of aromatic nitrogens is 2. The van der Waals surface area contributed by atoms with Crippen molar-refractivity contribution in [2.75, 3.05) is 7.11 Å². The lowest BCUT2D eigenvalue weighted by molar-refractivity contribution is 0.414. The molecule has 3 rings (SSSR count). The standard InChI is InChI=1S/C23H27FN2O3/c1-3-15-25-21(6-4-5-17-9-13-20(29-2)14-10-17)22(27)26(23(25)28)16-18-7-11-19(24)12-8-18/h7-14,27H,3-6,15-16H2,1-2H3. The highest BCUT2D eigenvalue weighted by atomic mass is 19.1. The van der Waals surface area contributed by atoms with Gasteiger partial charge in [-0.2, -0.15) is 0 Å². The molecule has 0 unspecified atom stereocenters. The van der Waals surface area contributed by atoms with Gasteiger partial charge in [0.2, 0.25) is 5.88 Å². The lowest BCUT2D eigenvalue weighted by Gasteiger charge is -2.07. The lowest BCUT2D eigenvalue weighted by atomic mass is 10.1. The maximum atomic E-state index is 13.1. The fourth-order valence-electron chi connectivity index (χ4n) is 3.50. The van der Waals surface area contributed by atoms with E-state index in [-0.39, 0.29) is 23.9 Å². The van der Waals surface area contributed by atoms with Crippen LogP contribution in [0.1, 0.15) is 36.6 Å². The second kappa shape index (κ2) is 9.45. The van der Waals surface area contributed by atoms with Crippen molar-refractivity contribution in [3.63, 3.8) is 0 Å². The largest absolute Gasteiger partial charge is 0.497 e. The lowest BCUT2D eigenvalue weighted by Crippen LogP contribution is -2.25. The van der Waals surface area contributed by atoms with Crippen LogP contribution in [0.4, 0.5) is 4.39 Å². The number of aromatic hydroxyl groups is 1. The van der Waals surface area contributed by atoms with Crippen molar-refractivity contribution in [1.29, 1.82) is 0 Å². The van der Waals surface area contributed by atoms with E-state index in [4.69, 9.17) is 4.74 Å². The van der Waals surface area contributed by atoms with Crippen LogP contribution in [0.25, 0.3) is 0 Å². The Balaban J connectivity index is 1.77. The van der Waals surface area contributed by atoms with Crippen molar-refractivity contribution >= 4 is 0 Å². The molecule has 0 saturated heterocycles. The Bertz CT molecular complexity index is 989. The molecule has 2 aromatic carbocycles. The fraction of sp³-hybridized carbons (Fsp3) is 0.348. The summed E-state index contributed by atoms with van der Waals surface area (Å²) < 4.78 is 21.3. The zero-order valence-corrected chi connectivity index (χ0v) is 16.9. The van der Waals surface area contributed by atoms with Crippen molar-refractivity contribution in [3.05, 3.63) is 81.7 Å². The number of methoxy groups -OCH3 is 1. The van der Waals surface area contributed by atoms with E-state index >= 15 is 0 Å². The third-order valence-electron chi connectivity index (χ3n) is 5.04. The van der Waals surface area contributed by atoms with Crippen molar-refractivity contribution < 1.29 is 14.2 Å². The number of nitrogens with zero attached hydrogens (tertiary/aromatic N) is 2.